The van der Waals surface area contributed by atoms with Crippen molar-refractivity contribution in [1.29, 1.82) is 0 Å². The monoisotopic (exact) mass is 492 g/mol. The van der Waals surface area contributed by atoms with E-state index in [1.165, 1.54) is 0 Å². The lowest BCUT2D eigenvalue weighted by atomic mass is 10.1. The second kappa shape index (κ2) is 10.9. The molecule has 2 atom stereocenters. The molecule has 3 aromatic rings. The minimum Gasteiger partial charge on any atom is -0.508 e. The zero-order valence-corrected chi connectivity index (χ0v) is 20.4. The highest BCUT2D eigenvalue weighted by atomic mass is 32.2. The van der Waals surface area contributed by atoms with Crippen molar-refractivity contribution in [3.8, 4) is 17.0 Å². The van der Waals surface area contributed by atoms with Gasteiger partial charge >= 0.3 is 0 Å². The van der Waals surface area contributed by atoms with E-state index in [2.05, 4.69) is 12.0 Å². The van der Waals surface area contributed by atoms with Gasteiger partial charge in [-0.25, -0.2) is 4.68 Å². The van der Waals surface area contributed by atoms with Gasteiger partial charge in [0, 0.05) is 37.0 Å². The highest BCUT2D eigenvalue weighted by Crippen LogP contribution is 2.34. The first kappa shape index (κ1) is 24.6. The summed E-state index contributed by atoms with van der Waals surface area (Å²) in [5.41, 5.74) is 2.56. The Bertz CT molecular complexity index is 1200. The van der Waals surface area contributed by atoms with Gasteiger partial charge in [0.1, 0.15) is 11.4 Å². The summed E-state index contributed by atoms with van der Waals surface area (Å²) in [6, 6.07) is 5.39. The number of benzene rings is 1. The maximum absolute atomic E-state index is 10.9. The Morgan fingerprint density at radius 3 is 2.88 bits per heavy atom. The molecular weight excluding hydrogens is 460 g/mol. The summed E-state index contributed by atoms with van der Waals surface area (Å²) in [5.74, 6) is 0.192. The summed E-state index contributed by atoms with van der Waals surface area (Å²) in [6.45, 7) is 3.87. The van der Waals surface area contributed by atoms with E-state index >= 15 is 0 Å². The van der Waals surface area contributed by atoms with Gasteiger partial charge in [-0.1, -0.05) is 0 Å². The molecule has 4 rings (SSSR count). The zero-order chi connectivity index (χ0) is 24.1. The fraction of sp³-hybridized carbons (Fsp3) is 0.565. The standard InChI is InChI=1S/C23H32N4O6S/c1-17(9-13-31-10-5-12-33-34(2,29)30)26-16-18(15-24-26)23-20-14-19(28)7-8-21(20)27(25-23)22-6-3-4-11-32-22/h7-8,14-17,22,28H,3-6,9-13H2,1-2H3/t17-,22?/m1/s1. The van der Waals surface area contributed by atoms with E-state index in [1.807, 2.05) is 21.6 Å². The van der Waals surface area contributed by atoms with Crippen LogP contribution in [0.1, 0.15) is 51.3 Å². The Labute approximate surface area is 199 Å². The Hall–Kier alpha value is -2.47. The molecule has 0 bridgehead atoms. The molecule has 0 amide bonds. The molecule has 1 saturated heterocycles. The van der Waals surface area contributed by atoms with Gasteiger partial charge in [0.05, 0.1) is 30.6 Å². The molecule has 1 N–H and O–H groups in total. The van der Waals surface area contributed by atoms with Gasteiger partial charge in [0.2, 0.25) is 0 Å². The average Bonchev–Trinajstić information content (AvgIpc) is 3.43. The number of rotatable bonds is 11. The molecule has 0 radical (unpaired) electrons. The molecule has 11 heteroatoms. The molecule has 3 heterocycles. The minimum absolute atomic E-state index is 0.101. The predicted molar refractivity (Wildman–Crippen MR) is 127 cm³/mol. The van der Waals surface area contributed by atoms with Crippen molar-refractivity contribution in [2.45, 2.75) is 51.3 Å². The molecule has 1 aliphatic rings. The van der Waals surface area contributed by atoms with E-state index in [0.717, 1.165) is 60.7 Å². The third kappa shape index (κ3) is 6.15. The number of aromatic hydroxyl groups is 1. The van der Waals surface area contributed by atoms with Crippen molar-refractivity contribution in [3.63, 3.8) is 0 Å². The second-order valence-corrected chi connectivity index (χ2v) is 10.3. The zero-order valence-electron chi connectivity index (χ0n) is 19.6. The highest BCUT2D eigenvalue weighted by molar-refractivity contribution is 7.85. The van der Waals surface area contributed by atoms with Crippen LogP contribution < -0.4 is 0 Å². The lowest BCUT2D eigenvalue weighted by Crippen LogP contribution is -2.19. The molecule has 1 unspecified atom stereocenters. The Balaban J connectivity index is 1.40. The van der Waals surface area contributed by atoms with Crippen LogP contribution in [-0.4, -0.2) is 65.8 Å². The number of hydrogen-bond acceptors (Lipinski definition) is 8. The predicted octanol–water partition coefficient (Wildman–Crippen LogP) is 3.64. The number of fused-ring (bicyclic) bond motifs is 1. The third-order valence-electron chi connectivity index (χ3n) is 5.86. The van der Waals surface area contributed by atoms with E-state index in [1.54, 1.807) is 18.3 Å². The van der Waals surface area contributed by atoms with Gasteiger partial charge in [-0.05, 0) is 57.2 Å². The molecule has 0 spiro atoms. The topological polar surface area (TPSA) is 118 Å². The van der Waals surface area contributed by atoms with Gasteiger partial charge in [0.15, 0.2) is 6.23 Å². The fourth-order valence-electron chi connectivity index (χ4n) is 4.04. The van der Waals surface area contributed by atoms with Crippen LogP contribution in [0.25, 0.3) is 22.2 Å². The summed E-state index contributed by atoms with van der Waals surface area (Å²) in [4.78, 5) is 0. The van der Waals surface area contributed by atoms with E-state index < -0.39 is 10.1 Å². The normalized spacial score (nSPS) is 17.9. The third-order valence-corrected chi connectivity index (χ3v) is 6.45. The lowest BCUT2D eigenvalue weighted by Gasteiger charge is -2.23. The quantitative estimate of drug-likeness (QED) is 0.318. The number of phenolic OH excluding ortho intramolecular Hbond substituents is 1. The van der Waals surface area contributed by atoms with Crippen molar-refractivity contribution < 1.29 is 27.2 Å². The first-order valence-electron chi connectivity index (χ1n) is 11.6. The van der Waals surface area contributed by atoms with Crippen LogP contribution in [0, 0.1) is 0 Å². The Kier molecular flexibility index (Phi) is 7.87. The molecule has 34 heavy (non-hydrogen) atoms. The number of aromatic nitrogens is 4. The highest BCUT2D eigenvalue weighted by Gasteiger charge is 2.22. The van der Waals surface area contributed by atoms with Gasteiger partial charge < -0.3 is 14.6 Å². The molecular formula is C23H32N4O6S. The molecule has 1 aromatic carbocycles. The Morgan fingerprint density at radius 1 is 1.26 bits per heavy atom. The number of nitrogens with zero attached hydrogens (tertiary/aromatic N) is 4. The summed E-state index contributed by atoms with van der Waals surface area (Å²) in [5, 5.41) is 20.3. The van der Waals surface area contributed by atoms with Crippen molar-refractivity contribution in [2.24, 2.45) is 0 Å². The van der Waals surface area contributed by atoms with Crippen LogP contribution in [0.15, 0.2) is 30.6 Å². The van der Waals surface area contributed by atoms with Crippen LogP contribution in [0.2, 0.25) is 0 Å². The molecule has 0 saturated carbocycles. The largest absolute Gasteiger partial charge is 0.508 e. The lowest BCUT2D eigenvalue weighted by molar-refractivity contribution is -0.0365. The van der Waals surface area contributed by atoms with Crippen LogP contribution in [0.5, 0.6) is 5.75 Å². The maximum Gasteiger partial charge on any atom is 0.264 e. The molecule has 1 aliphatic heterocycles. The van der Waals surface area contributed by atoms with Crippen LogP contribution in [0.3, 0.4) is 0 Å². The summed E-state index contributed by atoms with van der Waals surface area (Å²) < 4.78 is 41.9. The van der Waals surface area contributed by atoms with E-state index in [0.29, 0.717) is 19.6 Å². The molecule has 0 aliphatic carbocycles. The van der Waals surface area contributed by atoms with Crippen LogP contribution in [-0.2, 0) is 23.8 Å². The van der Waals surface area contributed by atoms with Crippen LogP contribution in [0.4, 0.5) is 0 Å². The van der Waals surface area contributed by atoms with E-state index in [9.17, 15) is 13.5 Å². The number of ether oxygens (including phenoxy) is 2. The first-order chi connectivity index (χ1) is 16.3. The minimum atomic E-state index is -3.40. The SMILES string of the molecule is C[C@H](CCOCCCOS(C)(=O)=O)n1cc(-c2nn(C3CCCCO3)c3ccc(O)cc23)cn1. The van der Waals surface area contributed by atoms with Crippen molar-refractivity contribution in [1.82, 2.24) is 19.6 Å². The average molecular weight is 493 g/mol. The molecule has 10 nitrogen and oxygen atoms in total. The van der Waals surface area contributed by atoms with Gasteiger partial charge in [-0.15, -0.1) is 0 Å². The van der Waals surface area contributed by atoms with Crippen molar-refractivity contribution in [3.05, 3.63) is 30.6 Å². The van der Waals surface area contributed by atoms with Gasteiger partial charge in [-0.3, -0.25) is 8.86 Å². The molecule has 2 aromatic heterocycles. The second-order valence-electron chi connectivity index (χ2n) is 8.65. The Morgan fingerprint density at radius 2 is 2.12 bits per heavy atom. The summed E-state index contributed by atoms with van der Waals surface area (Å²) in [6.07, 6.45) is 9.01. The fourth-order valence-corrected chi connectivity index (χ4v) is 4.46. The first-order valence-corrected chi connectivity index (χ1v) is 13.4. The summed E-state index contributed by atoms with van der Waals surface area (Å²) >= 11 is 0. The van der Waals surface area contributed by atoms with E-state index in [-0.39, 0.29) is 24.6 Å². The van der Waals surface area contributed by atoms with Gasteiger partial charge in [0.25, 0.3) is 10.1 Å². The molecule has 1 fully saturated rings. The van der Waals surface area contributed by atoms with Crippen LogP contribution >= 0.6 is 0 Å². The number of phenols is 1. The number of hydrogen-bond donors (Lipinski definition) is 1. The smallest absolute Gasteiger partial charge is 0.264 e. The van der Waals surface area contributed by atoms with E-state index in [4.69, 9.17) is 18.8 Å². The summed E-state index contributed by atoms with van der Waals surface area (Å²) in [7, 11) is -3.40. The maximum atomic E-state index is 10.9. The van der Waals surface area contributed by atoms with Crippen molar-refractivity contribution >= 4 is 21.0 Å². The van der Waals surface area contributed by atoms with Crippen molar-refractivity contribution in [2.75, 3.05) is 32.7 Å². The molecule has 186 valence electrons. The van der Waals surface area contributed by atoms with Gasteiger partial charge in [-0.2, -0.15) is 18.6 Å².